The zero-order chi connectivity index (χ0) is 16.8. The van der Waals surface area contributed by atoms with Crippen LogP contribution >= 0.6 is 11.3 Å². The van der Waals surface area contributed by atoms with E-state index in [9.17, 15) is 0 Å². The molecular weight excluding hydrogens is 336 g/mol. The summed E-state index contributed by atoms with van der Waals surface area (Å²) in [6.07, 6.45) is 1.66. The number of nitrogens with zero attached hydrogens (tertiary/aromatic N) is 8. The van der Waals surface area contributed by atoms with Crippen molar-refractivity contribution in [3.63, 3.8) is 0 Å². The molecule has 0 spiro atoms. The highest BCUT2D eigenvalue weighted by atomic mass is 32.1. The summed E-state index contributed by atoms with van der Waals surface area (Å²) in [5, 5.41) is 16.0. The summed E-state index contributed by atoms with van der Waals surface area (Å²) >= 11 is 1.65. The van der Waals surface area contributed by atoms with Crippen LogP contribution < -0.4 is 9.80 Å². The first-order chi connectivity index (χ1) is 12.3. The number of hydrogen-bond acceptors (Lipinski definition) is 8. The Balaban J connectivity index is 1.38. The maximum Gasteiger partial charge on any atom is 0.178 e. The number of fused-ring (bicyclic) bond motifs is 2. The van der Waals surface area contributed by atoms with E-state index in [2.05, 4.69) is 46.5 Å². The van der Waals surface area contributed by atoms with Crippen molar-refractivity contribution in [3.05, 3.63) is 35.7 Å². The van der Waals surface area contributed by atoms with Crippen LogP contribution in [0.1, 0.15) is 5.82 Å². The lowest BCUT2D eigenvalue weighted by molar-refractivity contribution is 0.636. The first kappa shape index (κ1) is 14.5. The van der Waals surface area contributed by atoms with E-state index in [0.29, 0.717) is 0 Å². The zero-order valence-electron chi connectivity index (χ0n) is 13.7. The van der Waals surface area contributed by atoms with Crippen molar-refractivity contribution in [1.29, 1.82) is 0 Å². The molecule has 1 fully saturated rings. The highest BCUT2D eigenvalue weighted by Gasteiger charge is 2.21. The van der Waals surface area contributed by atoms with E-state index in [-0.39, 0.29) is 0 Å². The average Bonchev–Trinajstić information content (AvgIpc) is 3.28. The Kier molecular flexibility index (Phi) is 3.27. The first-order valence-corrected chi connectivity index (χ1v) is 9.05. The Hall–Kier alpha value is -2.81. The SMILES string of the molecule is Cc1nnc2ccc(N3CCN(c4ncnc5sccc45)CC3)nn12. The van der Waals surface area contributed by atoms with Crippen LogP contribution in [0.4, 0.5) is 11.6 Å². The summed E-state index contributed by atoms with van der Waals surface area (Å²) in [6.45, 7) is 5.52. The molecule has 8 nitrogen and oxygen atoms in total. The number of piperazine rings is 1. The van der Waals surface area contributed by atoms with E-state index in [1.54, 1.807) is 22.2 Å². The third-order valence-electron chi connectivity index (χ3n) is 4.55. The van der Waals surface area contributed by atoms with Crippen LogP contribution in [0.3, 0.4) is 0 Å². The number of aromatic nitrogens is 6. The van der Waals surface area contributed by atoms with Gasteiger partial charge in [-0.05, 0) is 30.5 Å². The highest BCUT2D eigenvalue weighted by molar-refractivity contribution is 7.16. The Morgan fingerprint density at radius 1 is 0.960 bits per heavy atom. The maximum absolute atomic E-state index is 4.67. The van der Waals surface area contributed by atoms with E-state index in [1.165, 1.54) is 0 Å². The molecule has 1 aliphatic heterocycles. The van der Waals surface area contributed by atoms with Crippen molar-refractivity contribution >= 4 is 38.8 Å². The molecule has 0 aromatic carbocycles. The molecule has 0 bridgehead atoms. The number of anilines is 2. The number of rotatable bonds is 2. The predicted octanol–water partition coefficient (Wildman–Crippen LogP) is 1.76. The van der Waals surface area contributed by atoms with Crippen LogP contribution in [0, 0.1) is 6.92 Å². The fraction of sp³-hybridized carbons (Fsp3) is 0.312. The van der Waals surface area contributed by atoms with Gasteiger partial charge in [0, 0.05) is 26.2 Å². The van der Waals surface area contributed by atoms with Gasteiger partial charge in [-0.15, -0.1) is 26.6 Å². The largest absolute Gasteiger partial charge is 0.352 e. The monoisotopic (exact) mass is 352 g/mol. The fourth-order valence-corrected chi connectivity index (χ4v) is 3.96. The minimum absolute atomic E-state index is 0.778. The standard InChI is InChI=1S/C16H16N8S/c1-11-19-20-13-2-3-14(21-24(11)13)22-5-7-23(8-6-22)15-12-4-9-25-16(12)18-10-17-15/h2-4,9-10H,5-8H2,1H3. The van der Waals surface area contributed by atoms with E-state index < -0.39 is 0 Å². The summed E-state index contributed by atoms with van der Waals surface area (Å²) in [5.41, 5.74) is 0.778. The average molecular weight is 352 g/mol. The van der Waals surface area contributed by atoms with Crippen molar-refractivity contribution in [2.24, 2.45) is 0 Å². The van der Waals surface area contributed by atoms with Crippen molar-refractivity contribution in [3.8, 4) is 0 Å². The summed E-state index contributed by atoms with van der Waals surface area (Å²) in [4.78, 5) is 14.5. The van der Waals surface area contributed by atoms with Gasteiger partial charge in [0.15, 0.2) is 11.5 Å². The number of thiophene rings is 1. The van der Waals surface area contributed by atoms with Crippen LogP contribution in [0.2, 0.25) is 0 Å². The third kappa shape index (κ3) is 2.39. The lowest BCUT2D eigenvalue weighted by atomic mass is 10.2. The molecule has 0 aliphatic carbocycles. The second kappa shape index (κ2) is 5.62. The van der Waals surface area contributed by atoms with E-state index >= 15 is 0 Å². The molecule has 1 saturated heterocycles. The first-order valence-electron chi connectivity index (χ1n) is 8.17. The minimum Gasteiger partial charge on any atom is -0.352 e. The Morgan fingerprint density at radius 2 is 1.80 bits per heavy atom. The van der Waals surface area contributed by atoms with E-state index in [4.69, 9.17) is 0 Å². The molecule has 5 rings (SSSR count). The van der Waals surface area contributed by atoms with Gasteiger partial charge in [0.25, 0.3) is 0 Å². The molecule has 126 valence electrons. The lowest BCUT2D eigenvalue weighted by Gasteiger charge is -2.36. The molecule has 0 N–H and O–H groups in total. The Morgan fingerprint density at radius 3 is 2.68 bits per heavy atom. The summed E-state index contributed by atoms with van der Waals surface area (Å²) in [6, 6.07) is 6.08. The molecule has 1 aliphatic rings. The molecule has 4 aromatic heterocycles. The number of aryl methyl sites for hydroxylation is 1. The van der Waals surface area contributed by atoms with Crippen LogP contribution in [0.5, 0.6) is 0 Å². The highest BCUT2D eigenvalue weighted by Crippen LogP contribution is 2.27. The van der Waals surface area contributed by atoms with Crippen molar-refractivity contribution in [1.82, 2.24) is 29.8 Å². The molecule has 0 unspecified atom stereocenters. The molecule has 0 atom stereocenters. The fourth-order valence-electron chi connectivity index (χ4n) is 3.23. The molecular formula is C16H16N8S. The number of hydrogen-bond donors (Lipinski definition) is 0. The normalized spacial score (nSPS) is 15.4. The van der Waals surface area contributed by atoms with Crippen molar-refractivity contribution < 1.29 is 0 Å². The molecule has 0 radical (unpaired) electrons. The van der Waals surface area contributed by atoms with Crippen LogP contribution in [-0.2, 0) is 0 Å². The molecule has 0 saturated carbocycles. The molecule has 9 heteroatoms. The zero-order valence-corrected chi connectivity index (χ0v) is 14.5. The molecule has 0 amide bonds. The van der Waals surface area contributed by atoms with E-state index in [0.717, 1.165) is 59.5 Å². The van der Waals surface area contributed by atoms with Gasteiger partial charge in [-0.3, -0.25) is 0 Å². The van der Waals surface area contributed by atoms with Gasteiger partial charge in [0.2, 0.25) is 0 Å². The molecule has 5 heterocycles. The van der Waals surface area contributed by atoms with Gasteiger partial charge in [-0.2, -0.15) is 4.52 Å². The van der Waals surface area contributed by atoms with Gasteiger partial charge in [-0.25, -0.2) is 9.97 Å². The Bertz CT molecular complexity index is 1050. The molecule has 25 heavy (non-hydrogen) atoms. The third-order valence-corrected chi connectivity index (χ3v) is 5.37. The lowest BCUT2D eigenvalue weighted by Crippen LogP contribution is -2.47. The van der Waals surface area contributed by atoms with Gasteiger partial charge in [0.05, 0.1) is 5.39 Å². The topological polar surface area (TPSA) is 75.3 Å². The second-order valence-electron chi connectivity index (χ2n) is 6.02. The summed E-state index contributed by atoms with van der Waals surface area (Å²) in [5.74, 6) is 2.79. The van der Waals surface area contributed by atoms with Gasteiger partial charge in [-0.1, -0.05) is 0 Å². The quantitative estimate of drug-likeness (QED) is 0.544. The molecule has 4 aromatic rings. The van der Waals surface area contributed by atoms with Crippen LogP contribution in [0.25, 0.3) is 15.9 Å². The summed E-state index contributed by atoms with van der Waals surface area (Å²) in [7, 11) is 0. The van der Waals surface area contributed by atoms with Gasteiger partial charge < -0.3 is 9.80 Å². The van der Waals surface area contributed by atoms with Gasteiger partial charge in [0.1, 0.15) is 22.8 Å². The van der Waals surface area contributed by atoms with Crippen LogP contribution in [-0.4, -0.2) is 56.0 Å². The predicted molar refractivity (Wildman–Crippen MR) is 97.4 cm³/mol. The smallest absolute Gasteiger partial charge is 0.178 e. The summed E-state index contributed by atoms with van der Waals surface area (Å²) < 4.78 is 1.79. The van der Waals surface area contributed by atoms with Gasteiger partial charge >= 0.3 is 0 Å². The van der Waals surface area contributed by atoms with E-state index in [1.807, 2.05) is 19.1 Å². The second-order valence-corrected chi connectivity index (χ2v) is 6.91. The minimum atomic E-state index is 0.778. The maximum atomic E-state index is 4.67. The van der Waals surface area contributed by atoms with Crippen molar-refractivity contribution in [2.45, 2.75) is 6.92 Å². The van der Waals surface area contributed by atoms with Crippen LogP contribution in [0.15, 0.2) is 29.9 Å². The van der Waals surface area contributed by atoms with Crippen molar-refractivity contribution in [2.75, 3.05) is 36.0 Å². The Labute approximate surface area is 147 Å².